The Bertz CT molecular complexity index is 156. The first-order chi connectivity index (χ1) is 7.00. The highest BCUT2D eigenvalue weighted by Crippen LogP contribution is 2.19. The molecule has 0 heterocycles. The first kappa shape index (κ1) is 14.9. The molecular formula is C12H27NO2. The van der Waals surface area contributed by atoms with Gasteiger partial charge in [-0.15, -0.1) is 0 Å². The van der Waals surface area contributed by atoms with Gasteiger partial charge in [0.25, 0.3) is 0 Å². The molecule has 1 N–H and O–H groups in total. The van der Waals surface area contributed by atoms with Crippen LogP contribution in [0.15, 0.2) is 0 Å². The lowest BCUT2D eigenvalue weighted by molar-refractivity contribution is -0.0540. The van der Waals surface area contributed by atoms with E-state index in [9.17, 15) is 5.11 Å². The van der Waals surface area contributed by atoms with Crippen molar-refractivity contribution in [3.8, 4) is 0 Å². The summed E-state index contributed by atoms with van der Waals surface area (Å²) in [6.45, 7) is 13.5. The van der Waals surface area contributed by atoms with Gasteiger partial charge in [0.05, 0.1) is 12.7 Å². The summed E-state index contributed by atoms with van der Waals surface area (Å²) >= 11 is 0. The number of hydrogen-bond donors (Lipinski definition) is 1. The van der Waals surface area contributed by atoms with E-state index in [-0.39, 0.29) is 5.54 Å². The van der Waals surface area contributed by atoms with E-state index < -0.39 is 6.10 Å². The van der Waals surface area contributed by atoms with Crippen molar-refractivity contribution in [3.63, 3.8) is 0 Å². The van der Waals surface area contributed by atoms with Gasteiger partial charge in [0.15, 0.2) is 0 Å². The van der Waals surface area contributed by atoms with Gasteiger partial charge in [-0.05, 0) is 33.4 Å². The van der Waals surface area contributed by atoms with E-state index in [0.29, 0.717) is 6.61 Å². The summed E-state index contributed by atoms with van der Waals surface area (Å²) in [5, 5.41) is 10.1. The Morgan fingerprint density at radius 2 is 1.73 bits per heavy atom. The number of hydrogen-bond acceptors (Lipinski definition) is 3. The van der Waals surface area contributed by atoms with Gasteiger partial charge in [0, 0.05) is 12.1 Å². The van der Waals surface area contributed by atoms with E-state index in [1.807, 2.05) is 0 Å². The largest absolute Gasteiger partial charge is 0.389 e. The third-order valence-corrected chi connectivity index (χ3v) is 3.02. The summed E-state index contributed by atoms with van der Waals surface area (Å²) in [5.41, 5.74) is -0.211. The van der Waals surface area contributed by atoms with Crippen molar-refractivity contribution in [2.45, 2.75) is 52.7 Å². The fraction of sp³-hybridized carbons (Fsp3) is 1.00. The summed E-state index contributed by atoms with van der Waals surface area (Å²) in [7, 11) is 0. The van der Waals surface area contributed by atoms with Gasteiger partial charge < -0.3 is 9.84 Å². The minimum absolute atomic E-state index is 0.211. The molecule has 1 unspecified atom stereocenters. The molecule has 0 aliphatic carbocycles. The van der Waals surface area contributed by atoms with Crippen LogP contribution >= 0.6 is 0 Å². The van der Waals surface area contributed by atoms with Crippen LogP contribution in [0, 0.1) is 0 Å². The van der Waals surface area contributed by atoms with Gasteiger partial charge in [-0.2, -0.15) is 0 Å². The van der Waals surface area contributed by atoms with Gasteiger partial charge in [-0.3, -0.25) is 4.90 Å². The zero-order valence-corrected chi connectivity index (χ0v) is 10.9. The molecule has 0 amide bonds. The van der Waals surface area contributed by atoms with Crippen molar-refractivity contribution in [1.82, 2.24) is 4.90 Å². The smallest absolute Gasteiger partial charge is 0.0951 e. The van der Waals surface area contributed by atoms with E-state index in [0.717, 1.165) is 26.1 Å². The zero-order chi connectivity index (χ0) is 11.9. The Morgan fingerprint density at radius 1 is 1.20 bits per heavy atom. The molecule has 0 radical (unpaired) electrons. The minimum atomic E-state index is -0.427. The second kappa shape index (κ2) is 7.20. The first-order valence-electron chi connectivity index (χ1n) is 6.01. The normalized spacial score (nSPS) is 14.6. The van der Waals surface area contributed by atoms with Crippen LogP contribution in [0.4, 0.5) is 0 Å². The van der Waals surface area contributed by atoms with Crippen LogP contribution < -0.4 is 0 Å². The maximum absolute atomic E-state index is 10.1. The van der Waals surface area contributed by atoms with E-state index in [1.54, 1.807) is 0 Å². The Kier molecular flexibility index (Phi) is 7.14. The summed E-state index contributed by atoms with van der Waals surface area (Å²) in [4.78, 5) is 2.26. The van der Waals surface area contributed by atoms with Crippen molar-refractivity contribution in [3.05, 3.63) is 0 Å². The highest BCUT2D eigenvalue weighted by atomic mass is 16.5. The number of ether oxygens (including phenoxy) is 1. The molecule has 0 aliphatic heterocycles. The standard InChI is InChI=1S/C12H27NO2/c1-6-9-15-10-11(14)12(4,5)13(7-2)8-3/h11,14H,6-10H2,1-5H3. The van der Waals surface area contributed by atoms with Crippen LogP contribution in [0.2, 0.25) is 0 Å². The summed E-state index contributed by atoms with van der Waals surface area (Å²) in [5.74, 6) is 0. The van der Waals surface area contributed by atoms with Gasteiger partial charge in [0.2, 0.25) is 0 Å². The van der Waals surface area contributed by atoms with Crippen LogP contribution in [0.5, 0.6) is 0 Å². The SMILES string of the molecule is CCCOCC(O)C(C)(C)N(CC)CC. The number of rotatable bonds is 8. The predicted molar refractivity (Wildman–Crippen MR) is 64.1 cm³/mol. The van der Waals surface area contributed by atoms with Crippen molar-refractivity contribution in [2.75, 3.05) is 26.3 Å². The van der Waals surface area contributed by atoms with Crippen molar-refractivity contribution >= 4 is 0 Å². The van der Waals surface area contributed by atoms with Crippen LogP contribution in [-0.2, 0) is 4.74 Å². The topological polar surface area (TPSA) is 32.7 Å². The number of nitrogens with zero attached hydrogens (tertiary/aromatic N) is 1. The molecule has 0 bridgehead atoms. The third-order valence-electron chi connectivity index (χ3n) is 3.02. The lowest BCUT2D eigenvalue weighted by Crippen LogP contribution is -2.53. The summed E-state index contributed by atoms with van der Waals surface area (Å²) in [6.07, 6.45) is 0.572. The first-order valence-corrected chi connectivity index (χ1v) is 6.01. The third kappa shape index (κ3) is 4.49. The molecule has 92 valence electrons. The second-order valence-electron chi connectivity index (χ2n) is 4.42. The Balaban J connectivity index is 4.16. The molecule has 1 atom stereocenters. The van der Waals surface area contributed by atoms with E-state index >= 15 is 0 Å². The van der Waals surface area contributed by atoms with Gasteiger partial charge in [-0.1, -0.05) is 20.8 Å². The summed E-state index contributed by atoms with van der Waals surface area (Å²) < 4.78 is 5.39. The maximum Gasteiger partial charge on any atom is 0.0951 e. The second-order valence-corrected chi connectivity index (χ2v) is 4.42. The monoisotopic (exact) mass is 217 g/mol. The van der Waals surface area contributed by atoms with Crippen LogP contribution in [-0.4, -0.2) is 48.0 Å². The average molecular weight is 217 g/mol. The predicted octanol–water partition coefficient (Wildman–Crippen LogP) is 1.89. The summed E-state index contributed by atoms with van der Waals surface area (Å²) in [6, 6.07) is 0. The maximum atomic E-state index is 10.1. The fourth-order valence-electron chi connectivity index (χ4n) is 1.79. The van der Waals surface area contributed by atoms with Crippen LogP contribution in [0.25, 0.3) is 0 Å². The fourth-order valence-corrected chi connectivity index (χ4v) is 1.79. The molecule has 0 aliphatic rings. The van der Waals surface area contributed by atoms with Crippen LogP contribution in [0.3, 0.4) is 0 Å². The highest BCUT2D eigenvalue weighted by Gasteiger charge is 2.32. The molecule has 0 fully saturated rings. The highest BCUT2D eigenvalue weighted by molar-refractivity contribution is 4.87. The molecular weight excluding hydrogens is 190 g/mol. The van der Waals surface area contributed by atoms with E-state index in [4.69, 9.17) is 4.74 Å². The van der Waals surface area contributed by atoms with Gasteiger partial charge in [0.1, 0.15) is 0 Å². The molecule has 0 spiro atoms. The number of aliphatic hydroxyl groups is 1. The number of aliphatic hydroxyl groups excluding tert-OH is 1. The molecule has 0 aromatic heterocycles. The lowest BCUT2D eigenvalue weighted by atomic mass is 9.95. The van der Waals surface area contributed by atoms with Crippen LogP contribution in [0.1, 0.15) is 41.0 Å². The Labute approximate surface area is 94.4 Å². The molecule has 0 rings (SSSR count). The number of likely N-dealkylation sites (N-methyl/N-ethyl adjacent to an activating group) is 1. The zero-order valence-electron chi connectivity index (χ0n) is 10.9. The molecule has 0 aromatic rings. The Hall–Kier alpha value is -0.120. The minimum Gasteiger partial charge on any atom is -0.389 e. The van der Waals surface area contributed by atoms with Crippen molar-refractivity contribution < 1.29 is 9.84 Å². The van der Waals surface area contributed by atoms with E-state index in [2.05, 4.69) is 39.5 Å². The molecule has 3 nitrogen and oxygen atoms in total. The molecule has 0 saturated heterocycles. The molecule has 3 heteroatoms. The van der Waals surface area contributed by atoms with Crippen molar-refractivity contribution in [2.24, 2.45) is 0 Å². The van der Waals surface area contributed by atoms with Gasteiger partial charge >= 0.3 is 0 Å². The Morgan fingerprint density at radius 3 is 2.13 bits per heavy atom. The average Bonchev–Trinajstić information content (AvgIpc) is 2.19. The molecule has 0 saturated carbocycles. The lowest BCUT2D eigenvalue weighted by Gasteiger charge is -2.40. The molecule has 15 heavy (non-hydrogen) atoms. The van der Waals surface area contributed by atoms with Gasteiger partial charge in [-0.25, -0.2) is 0 Å². The van der Waals surface area contributed by atoms with Crippen molar-refractivity contribution in [1.29, 1.82) is 0 Å². The molecule has 0 aromatic carbocycles. The quantitative estimate of drug-likeness (QED) is 0.630. The van der Waals surface area contributed by atoms with E-state index in [1.165, 1.54) is 0 Å².